The maximum atomic E-state index is 4.49. The zero-order valence-corrected chi connectivity index (χ0v) is 11.7. The summed E-state index contributed by atoms with van der Waals surface area (Å²) in [5, 5.41) is 7.96. The number of nitrogens with one attached hydrogen (secondary N) is 1. The molecule has 0 unspecified atom stereocenters. The van der Waals surface area contributed by atoms with Crippen LogP contribution in [0.25, 0.3) is 11.1 Å². The van der Waals surface area contributed by atoms with Crippen LogP contribution in [0.15, 0.2) is 24.4 Å². The number of anilines is 1. The van der Waals surface area contributed by atoms with Crippen molar-refractivity contribution in [2.45, 2.75) is 39.7 Å². The summed E-state index contributed by atoms with van der Waals surface area (Å²) in [6.07, 6.45) is 5.53. The fraction of sp³-hybridized carbons (Fsp3) is 0.438. The van der Waals surface area contributed by atoms with Gasteiger partial charge in [-0.15, -0.1) is 0 Å². The van der Waals surface area contributed by atoms with E-state index in [2.05, 4.69) is 47.1 Å². The van der Waals surface area contributed by atoms with Crippen molar-refractivity contribution in [1.82, 2.24) is 9.78 Å². The number of hydrogen-bond acceptors (Lipinski definition) is 2. The molecule has 3 rings (SSSR count). The first-order chi connectivity index (χ1) is 9.29. The van der Waals surface area contributed by atoms with Crippen LogP contribution >= 0.6 is 0 Å². The van der Waals surface area contributed by atoms with E-state index >= 15 is 0 Å². The van der Waals surface area contributed by atoms with Crippen LogP contribution < -0.4 is 5.32 Å². The summed E-state index contributed by atoms with van der Waals surface area (Å²) >= 11 is 0. The molecule has 0 bridgehead atoms. The highest BCUT2D eigenvalue weighted by Gasteiger charge is 2.12. The highest BCUT2D eigenvalue weighted by Crippen LogP contribution is 2.29. The van der Waals surface area contributed by atoms with Gasteiger partial charge in [-0.2, -0.15) is 5.10 Å². The summed E-state index contributed by atoms with van der Waals surface area (Å²) in [5.74, 6) is 0. The minimum absolute atomic E-state index is 0.998. The largest absolute Gasteiger partial charge is 0.385 e. The number of rotatable bonds is 3. The van der Waals surface area contributed by atoms with Gasteiger partial charge in [0.1, 0.15) is 0 Å². The van der Waals surface area contributed by atoms with Crippen molar-refractivity contribution in [2.24, 2.45) is 0 Å². The molecule has 3 heteroatoms. The van der Waals surface area contributed by atoms with Gasteiger partial charge in [-0.1, -0.05) is 13.0 Å². The van der Waals surface area contributed by atoms with Gasteiger partial charge in [0.2, 0.25) is 0 Å². The number of benzene rings is 1. The van der Waals surface area contributed by atoms with Gasteiger partial charge in [-0.3, -0.25) is 4.68 Å². The number of aryl methyl sites for hydroxylation is 2. The molecular weight excluding hydrogens is 234 g/mol. The van der Waals surface area contributed by atoms with Gasteiger partial charge in [0, 0.05) is 30.0 Å². The molecule has 100 valence electrons. The summed E-state index contributed by atoms with van der Waals surface area (Å²) in [4.78, 5) is 0. The summed E-state index contributed by atoms with van der Waals surface area (Å²) in [7, 11) is 0. The van der Waals surface area contributed by atoms with E-state index < -0.39 is 0 Å². The van der Waals surface area contributed by atoms with E-state index in [0.29, 0.717) is 0 Å². The average molecular weight is 255 g/mol. The molecule has 3 nitrogen and oxygen atoms in total. The quantitative estimate of drug-likeness (QED) is 0.907. The number of hydrogen-bond donors (Lipinski definition) is 1. The van der Waals surface area contributed by atoms with E-state index in [9.17, 15) is 0 Å². The smallest absolute Gasteiger partial charge is 0.0571 e. The molecule has 0 saturated heterocycles. The molecule has 0 fully saturated rings. The summed E-state index contributed by atoms with van der Waals surface area (Å²) in [6, 6.07) is 6.74. The van der Waals surface area contributed by atoms with Crippen LogP contribution in [0.5, 0.6) is 0 Å². The van der Waals surface area contributed by atoms with E-state index in [-0.39, 0.29) is 0 Å². The normalized spacial score (nSPS) is 14.0. The van der Waals surface area contributed by atoms with Gasteiger partial charge >= 0.3 is 0 Å². The van der Waals surface area contributed by atoms with Crippen LogP contribution in [0.3, 0.4) is 0 Å². The Bertz CT molecular complexity index is 584. The van der Waals surface area contributed by atoms with Crippen molar-refractivity contribution in [3.63, 3.8) is 0 Å². The van der Waals surface area contributed by atoms with Crippen molar-refractivity contribution in [2.75, 3.05) is 11.9 Å². The topological polar surface area (TPSA) is 29.9 Å². The Morgan fingerprint density at radius 3 is 3.11 bits per heavy atom. The Balaban J connectivity index is 1.98. The molecule has 1 aromatic carbocycles. The zero-order valence-electron chi connectivity index (χ0n) is 11.7. The summed E-state index contributed by atoms with van der Waals surface area (Å²) in [6.45, 7) is 6.44. The molecule has 19 heavy (non-hydrogen) atoms. The Labute approximate surface area is 114 Å². The lowest BCUT2D eigenvalue weighted by molar-refractivity contribution is 0.587. The maximum Gasteiger partial charge on any atom is 0.0571 e. The predicted molar refractivity (Wildman–Crippen MR) is 79.5 cm³/mol. The third kappa shape index (κ3) is 2.25. The van der Waals surface area contributed by atoms with Gasteiger partial charge in [0.25, 0.3) is 0 Å². The molecule has 0 atom stereocenters. The third-order valence-electron chi connectivity index (χ3n) is 3.89. The fourth-order valence-electron chi connectivity index (χ4n) is 2.81. The van der Waals surface area contributed by atoms with E-state index in [4.69, 9.17) is 0 Å². The van der Waals surface area contributed by atoms with Crippen molar-refractivity contribution in [1.29, 1.82) is 0 Å². The van der Waals surface area contributed by atoms with Crippen molar-refractivity contribution >= 4 is 5.69 Å². The Morgan fingerprint density at radius 1 is 1.37 bits per heavy atom. The lowest BCUT2D eigenvalue weighted by atomic mass is 9.97. The third-order valence-corrected chi connectivity index (χ3v) is 3.89. The molecule has 2 heterocycles. The van der Waals surface area contributed by atoms with Crippen LogP contribution in [0, 0.1) is 6.92 Å². The first-order valence-electron chi connectivity index (χ1n) is 7.19. The zero-order chi connectivity index (χ0) is 13.2. The van der Waals surface area contributed by atoms with E-state index in [1.807, 2.05) is 6.20 Å². The fourth-order valence-corrected chi connectivity index (χ4v) is 2.81. The van der Waals surface area contributed by atoms with Crippen molar-refractivity contribution in [3.05, 3.63) is 35.7 Å². The van der Waals surface area contributed by atoms with Crippen molar-refractivity contribution < 1.29 is 0 Å². The van der Waals surface area contributed by atoms with E-state index in [1.165, 1.54) is 40.9 Å². The van der Waals surface area contributed by atoms with Crippen LogP contribution in [-0.2, 0) is 13.0 Å². The van der Waals surface area contributed by atoms with E-state index in [0.717, 1.165) is 19.5 Å². The molecule has 0 radical (unpaired) electrons. The van der Waals surface area contributed by atoms with Crippen molar-refractivity contribution in [3.8, 4) is 11.1 Å². The number of aromatic nitrogens is 2. The van der Waals surface area contributed by atoms with Gasteiger partial charge in [0.15, 0.2) is 0 Å². The summed E-state index contributed by atoms with van der Waals surface area (Å²) < 4.78 is 2.10. The van der Waals surface area contributed by atoms with E-state index in [1.54, 1.807) is 0 Å². The lowest BCUT2D eigenvalue weighted by Crippen LogP contribution is -2.11. The van der Waals surface area contributed by atoms with Gasteiger partial charge in [-0.25, -0.2) is 0 Å². The Morgan fingerprint density at radius 2 is 2.26 bits per heavy atom. The number of fused-ring (bicyclic) bond motifs is 1. The van der Waals surface area contributed by atoms with Gasteiger partial charge in [0.05, 0.1) is 6.20 Å². The average Bonchev–Trinajstić information content (AvgIpc) is 2.80. The predicted octanol–water partition coefficient (Wildman–Crippen LogP) is 3.63. The minimum Gasteiger partial charge on any atom is -0.385 e. The molecule has 0 spiro atoms. The monoisotopic (exact) mass is 255 g/mol. The second kappa shape index (κ2) is 5.08. The molecule has 1 aliphatic heterocycles. The molecule has 0 saturated carbocycles. The second-order valence-electron chi connectivity index (χ2n) is 5.27. The second-order valence-corrected chi connectivity index (χ2v) is 5.27. The SMILES string of the molecule is CCCn1ncc(-c2ccc3c(c2)CCCN3)c1C. The Hall–Kier alpha value is -1.77. The number of nitrogens with zero attached hydrogens (tertiary/aromatic N) is 2. The molecule has 1 N–H and O–H groups in total. The summed E-state index contributed by atoms with van der Waals surface area (Å²) in [5.41, 5.74) is 6.56. The first kappa shape index (κ1) is 12.3. The standard InChI is InChI=1S/C16H21N3/c1-3-9-19-12(2)15(11-18-19)13-6-7-16-14(10-13)5-4-8-17-16/h6-7,10-11,17H,3-5,8-9H2,1-2H3. The molecule has 1 aliphatic rings. The first-order valence-corrected chi connectivity index (χ1v) is 7.19. The highest BCUT2D eigenvalue weighted by molar-refractivity contribution is 5.70. The minimum atomic E-state index is 0.998. The van der Waals surface area contributed by atoms with Crippen LogP contribution in [0.1, 0.15) is 31.0 Å². The van der Waals surface area contributed by atoms with Gasteiger partial charge < -0.3 is 5.32 Å². The molecule has 0 amide bonds. The molecule has 1 aromatic heterocycles. The Kier molecular flexibility index (Phi) is 3.28. The van der Waals surface area contributed by atoms with Crippen LogP contribution in [0.2, 0.25) is 0 Å². The molecular formula is C16H21N3. The van der Waals surface area contributed by atoms with Crippen LogP contribution in [-0.4, -0.2) is 16.3 Å². The van der Waals surface area contributed by atoms with Crippen LogP contribution in [0.4, 0.5) is 5.69 Å². The molecule has 0 aliphatic carbocycles. The lowest BCUT2D eigenvalue weighted by Gasteiger charge is -2.18. The maximum absolute atomic E-state index is 4.49. The molecule has 2 aromatic rings. The van der Waals surface area contributed by atoms with Gasteiger partial charge in [-0.05, 0) is 49.4 Å². The highest BCUT2D eigenvalue weighted by atomic mass is 15.3.